The molecule has 2 rings (SSSR count). The monoisotopic (exact) mass is 282 g/mol. The van der Waals surface area contributed by atoms with Crippen LogP contribution >= 0.6 is 15.9 Å². The number of halogens is 1. The molecule has 2 aromatic rings. The Hall–Kier alpha value is -1.36. The van der Waals surface area contributed by atoms with E-state index in [1.54, 1.807) is 6.07 Å². The SMILES string of the molecule is COC(=O)c1cc(Br)c2c(C)cn(C)c2n1. The zero-order valence-electron chi connectivity index (χ0n) is 9.24. The smallest absolute Gasteiger partial charge is 0.356 e. The first-order valence-corrected chi connectivity index (χ1v) is 5.54. The van der Waals surface area contributed by atoms with Crippen LogP contribution in [0.25, 0.3) is 11.0 Å². The molecule has 0 atom stereocenters. The van der Waals surface area contributed by atoms with Gasteiger partial charge in [0, 0.05) is 23.1 Å². The number of fused-ring (bicyclic) bond motifs is 1. The third-order valence-corrected chi connectivity index (χ3v) is 3.09. The van der Waals surface area contributed by atoms with E-state index in [1.807, 2.05) is 24.7 Å². The highest BCUT2D eigenvalue weighted by Gasteiger charge is 2.14. The third kappa shape index (κ3) is 1.61. The van der Waals surface area contributed by atoms with Gasteiger partial charge in [-0.15, -0.1) is 0 Å². The number of hydrogen-bond acceptors (Lipinski definition) is 3. The molecule has 4 nitrogen and oxygen atoms in total. The fourth-order valence-electron chi connectivity index (χ4n) is 1.75. The maximum atomic E-state index is 11.4. The van der Waals surface area contributed by atoms with Gasteiger partial charge < -0.3 is 9.30 Å². The summed E-state index contributed by atoms with van der Waals surface area (Å²) in [4.78, 5) is 15.7. The quantitative estimate of drug-likeness (QED) is 0.755. The molecule has 0 saturated carbocycles. The van der Waals surface area contributed by atoms with E-state index in [-0.39, 0.29) is 0 Å². The molecule has 0 N–H and O–H groups in total. The number of hydrogen-bond donors (Lipinski definition) is 0. The van der Waals surface area contributed by atoms with Crippen molar-refractivity contribution < 1.29 is 9.53 Å². The van der Waals surface area contributed by atoms with Gasteiger partial charge in [-0.2, -0.15) is 0 Å². The van der Waals surface area contributed by atoms with E-state index in [1.165, 1.54) is 7.11 Å². The molecular formula is C11H11BrN2O2. The molecule has 2 aromatic heterocycles. The molecule has 0 radical (unpaired) electrons. The summed E-state index contributed by atoms with van der Waals surface area (Å²) in [6.45, 7) is 2.01. The summed E-state index contributed by atoms with van der Waals surface area (Å²) in [5, 5.41) is 1.02. The van der Waals surface area contributed by atoms with Crippen molar-refractivity contribution in [3.05, 3.63) is 28.0 Å². The average Bonchev–Trinajstić information content (AvgIpc) is 2.53. The number of ether oxygens (including phenoxy) is 1. The van der Waals surface area contributed by atoms with E-state index < -0.39 is 5.97 Å². The van der Waals surface area contributed by atoms with Crippen molar-refractivity contribution in [2.75, 3.05) is 7.11 Å². The molecule has 0 saturated heterocycles. The third-order valence-electron chi connectivity index (χ3n) is 2.46. The van der Waals surface area contributed by atoms with Gasteiger partial charge in [-0.25, -0.2) is 9.78 Å². The minimum absolute atomic E-state index is 0.308. The highest BCUT2D eigenvalue weighted by atomic mass is 79.9. The van der Waals surface area contributed by atoms with Crippen LogP contribution in [-0.2, 0) is 11.8 Å². The lowest BCUT2D eigenvalue weighted by Gasteiger charge is -2.02. The summed E-state index contributed by atoms with van der Waals surface area (Å²) >= 11 is 3.45. The molecule has 0 aromatic carbocycles. The molecule has 0 amide bonds. The van der Waals surface area contributed by atoms with Gasteiger partial charge >= 0.3 is 5.97 Å². The Morgan fingerprint density at radius 1 is 1.56 bits per heavy atom. The van der Waals surface area contributed by atoms with Gasteiger partial charge in [0.2, 0.25) is 0 Å². The lowest BCUT2D eigenvalue weighted by molar-refractivity contribution is 0.0594. The highest BCUT2D eigenvalue weighted by molar-refractivity contribution is 9.10. The van der Waals surface area contributed by atoms with Crippen molar-refractivity contribution in [3.63, 3.8) is 0 Å². The summed E-state index contributed by atoms with van der Waals surface area (Å²) in [6.07, 6.45) is 1.98. The fraction of sp³-hybridized carbons (Fsp3) is 0.273. The topological polar surface area (TPSA) is 44.1 Å². The van der Waals surface area contributed by atoms with Gasteiger partial charge in [-0.05, 0) is 34.5 Å². The van der Waals surface area contributed by atoms with Gasteiger partial charge in [0.25, 0.3) is 0 Å². The Balaban J connectivity index is 2.76. The van der Waals surface area contributed by atoms with Crippen LogP contribution in [0.4, 0.5) is 0 Å². The van der Waals surface area contributed by atoms with E-state index >= 15 is 0 Å². The largest absolute Gasteiger partial charge is 0.464 e. The van der Waals surface area contributed by atoms with Crippen molar-refractivity contribution in [3.8, 4) is 0 Å². The summed E-state index contributed by atoms with van der Waals surface area (Å²) in [6, 6.07) is 1.68. The number of pyridine rings is 1. The molecule has 0 bridgehead atoms. The Labute approximate surface area is 101 Å². The van der Waals surface area contributed by atoms with Crippen LogP contribution in [0.15, 0.2) is 16.7 Å². The van der Waals surface area contributed by atoms with Crippen LogP contribution in [0.5, 0.6) is 0 Å². The number of esters is 1. The zero-order valence-corrected chi connectivity index (χ0v) is 10.8. The summed E-state index contributed by atoms with van der Waals surface area (Å²) in [5.41, 5.74) is 2.20. The van der Waals surface area contributed by atoms with E-state index in [2.05, 4.69) is 25.7 Å². The fourth-order valence-corrected chi connectivity index (χ4v) is 2.45. The second-order valence-electron chi connectivity index (χ2n) is 3.60. The number of carbonyl (C=O) groups is 1. The molecule has 2 heterocycles. The summed E-state index contributed by atoms with van der Waals surface area (Å²) in [5.74, 6) is -0.429. The molecule has 5 heteroatoms. The Morgan fingerprint density at radius 2 is 2.25 bits per heavy atom. The normalized spacial score (nSPS) is 10.8. The molecule has 16 heavy (non-hydrogen) atoms. The zero-order chi connectivity index (χ0) is 11.9. The first kappa shape index (κ1) is 11.1. The van der Waals surface area contributed by atoms with Crippen LogP contribution in [0.3, 0.4) is 0 Å². The van der Waals surface area contributed by atoms with E-state index in [0.717, 1.165) is 21.1 Å². The molecule has 0 aliphatic heterocycles. The van der Waals surface area contributed by atoms with Gasteiger partial charge in [0.1, 0.15) is 5.65 Å². The average molecular weight is 283 g/mol. The standard InChI is InChI=1S/C11H11BrN2O2/c1-6-5-14(2)10-9(6)7(12)4-8(13-10)11(15)16-3/h4-5H,1-3H3. The number of methoxy groups -OCH3 is 1. The van der Waals surface area contributed by atoms with Crippen LogP contribution in [0, 0.1) is 6.92 Å². The first-order valence-electron chi connectivity index (χ1n) is 4.75. The number of nitrogens with zero attached hydrogens (tertiary/aromatic N) is 2. The lowest BCUT2D eigenvalue weighted by Crippen LogP contribution is -2.05. The first-order chi connectivity index (χ1) is 7.54. The highest BCUT2D eigenvalue weighted by Crippen LogP contribution is 2.27. The van der Waals surface area contributed by atoms with Gasteiger partial charge in [0.15, 0.2) is 5.69 Å². The predicted molar refractivity (Wildman–Crippen MR) is 64.5 cm³/mol. The maximum Gasteiger partial charge on any atom is 0.356 e. The molecular weight excluding hydrogens is 272 g/mol. The van der Waals surface area contributed by atoms with Crippen molar-refractivity contribution in [1.29, 1.82) is 0 Å². The lowest BCUT2D eigenvalue weighted by atomic mass is 10.2. The van der Waals surface area contributed by atoms with Crippen molar-refractivity contribution >= 4 is 32.9 Å². The predicted octanol–water partition coefficient (Wildman–Crippen LogP) is 2.43. The molecule has 0 spiro atoms. The molecule has 0 aliphatic rings. The number of carbonyl (C=O) groups excluding carboxylic acids is 1. The van der Waals surface area contributed by atoms with E-state index in [4.69, 9.17) is 0 Å². The minimum atomic E-state index is -0.429. The van der Waals surface area contributed by atoms with Gasteiger partial charge in [-0.3, -0.25) is 0 Å². The van der Waals surface area contributed by atoms with E-state index in [0.29, 0.717) is 5.69 Å². The second-order valence-corrected chi connectivity index (χ2v) is 4.46. The van der Waals surface area contributed by atoms with Crippen LogP contribution < -0.4 is 0 Å². The number of aryl methyl sites for hydroxylation is 2. The molecule has 0 fully saturated rings. The molecule has 84 valence electrons. The Bertz CT molecular complexity index is 575. The molecule has 0 aliphatic carbocycles. The molecule has 0 unspecified atom stereocenters. The van der Waals surface area contributed by atoms with Crippen LogP contribution in [-0.4, -0.2) is 22.6 Å². The van der Waals surface area contributed by atoms with E-state index in [9.17, 15) is 4.79 Å². The van der Waals surface area contributed by atoms with Crippen molar-refractivity contribution in [2.24, 2.45) is 7.05 Å². The van der Waals surface area contributed by atoms with Crippen molar-refractivity contribution in [2.45, 2.75) is 6.92 Å². The minimum Gasteiger partial charge on any atom is -0.464 e. The Kier molecular flexibility index (Phi) is 2.71. The van der Waals surface area contributed by atoms with Crippen molar-refractivity contribution in [1.82, 2.24) is 9.55 Å². The summed E-state index contributed by atoms with van der Waals surface area (Å²) in [7, 11) is 3.24. The van der Waals surface area contributed by atoms with Gasteiger partial charge in [-0.1, -0.05) is 0 Å². The summed E-state index contributed by atoms with van der Waals surface area (Å²) < 4.78 is 7.40. The van der Waals surface area contributed by atoms with Crippen LogP contribution in [0.2, 0.25) is 0 Å². The number of rotatable bonds is 1. The van der Waals surface area contributed by atoms with Crippen LogP contribution in [0.1, 0.15) is 16.1 Å². The maximum absolute atomic E-state index is 11.4. The van der Waals surface area contributed by atoms with Gasteiger partial charge in [0.05, 0.1) is 7.11 Å². The number of aromatic nitrogens is 2. The second kappa shape index (κ2) is 3.90. The Morgan fingerprint density at radius 3 is 2.88 bits per heavy atom.